The van der Waals surface area contributed by atoms with Crippen LogP contribution in [-0.2, 0) is 33.7 Å². The van der Waals surface area contributed by atoms with E-state index in [2.05, 4.69) is 81.4 Å². The molecule has 0 amide bonds. The maximum absolute atomic E-state index is 12.9. The molecule has 0 unspecified atom stereocenters. The molecule has 0 radical (unpaired) electrons. The second-order valence-corrected chi connectivity index (χ2v) is 20.5. The molecule has 0 aliphatic heterocycles. The van der Waals surface area contributed by atoms with Crippen LogP contribution < -0.4 is 9.05 Å². The molecule has 4 rings (SSSR count). The van der Waals surface area contributed by atoms with Crippen LogP contribution in [0.25, 0.3) is 0 Å². The van der Waals surface area contributed by atoms with Gasteiger partial charge in [-0.15, -0.1) is 0 Å². The molecular weight excluding hydrogens is 764 g/mol. The van der Waals surface area contributed by atoms with Crippen LogP contribution in [-0.4, -0.2) is 15.1 Å². The van der Waals surface area contributed by atoms with Crippen molar-refractivity contribution in [2.24, 2.45) is 0 Å². The van der Waals surface area contributed by atoms with Gasteiger partial charge in [-0.1, -0.05) is 207 Å². The first-order valence-corrected chi connectivity index (χ1v) is 24.4. The summed E-state index contributed by atoms with van der Waals surface area (Å²) in [4.78, 5) is 10.6. The molecule has 0 aromatic heterocycles. The Kier molecular flexibility index (Phi) is 20.3. The maximum atomic E-state index is 12.9. The fourth-order valence-electron chi connectivity index (χ4n) is 7.63. The average Bonchev–Trinajstić information content (AvgIpc) is 3.17. The van der Waals surface area contributed by atoms with Crippen molar-refractivity contribution in [3.05, 3.63) is 118 Å². The summed E-state index contributed by atoms with van der Waals surface area (Å²) < 4.78 is 24.1. The summed E-state index contributed by atoms with van der Waals surface area (Å²) in [6.45, 7) is 21.5. The lowest BCUT2D eigenvalue weighted by atomic mass is 9.73. The number of rotatable bonds is 22. The molecule has 0 atom stereocenters. The topological polar surface area (TPSA) is 96.2 Å². The highest BCUT2D eigenvalue weighted by Crippen LogP contribution is 2.47. The van der Waals surface area contributed by atoms with Crippen LogP contribution in [0.2, 0.25) is 0 Å². The predicted molar refractivity (Wildman–Crippen MR) is 253 cm³/mol. The number of hydrogen-bond acceptors (Lipinski definition) is 5. The van der Waals surface area contributed by atoms with Crippen LogP contribution in [0.3, 0.4) is 0 Å². The zero-order valence-electron chi connectivity index (χ0n) is 38.9. The number of aromatic hydroxyl groups is 2. The second kappa shape index (κ2) is 24.1. The Labute approximate surface area is 364 Å². The SMILES string of the molecule is CC(C)(C)c1cc(C(C)(C)c2ccc(O)c(C(C)(C)C)c2)ccc1O.CCCCCCCCCc1ccccc1OP(=O)(O)Oc1ccccc1CCCCCCCCC. The fourth-order valence-corrected chi connectivity index (χ4v) is 8.52. The van der Waals surface area contributed by atoms with Gasteiger partial charge < -0.3 is 19.3 Å². The predicted octanol–water partition coefficient (Wildman–Crippen LogP) is 15.8. The molecule has 6 nitrogen and oxygen atoms in total. The van der Waals surface area contributed by atoms with E-state index in [0.717, 1.165) is 71.9 Å². The van der Waals surface area contributed by atoms with Crippen LogP contribution in [0.5, 0.6) is 23.0 Å². The third kappa shape index (κ3) is 16.6. The highest BCUT2D eigenvalue weighted by Gasteiger charge is 2.30. The molecule has 4 aromatic carbocycles. The Morgan fingerprint density at radius 3 is 1.17 bits per heavy atom. The lowest BCUT2D eigenvalue weighted by Crippen LogP contribution is -2.22. The van der Waals surface area contributed by atoms with Crippen LogP contribution in [0, 0.1) is 0 Å². The van der Waals surface area contributed by atoms with Crippen LogP contribution in [0.15, 0.2) is 84.9 Å². The molecule has 4 aromatic rings. The van der Waals surface area contributed by atoms with Crippen molar-refractivity contribution in [1.82, 2.24) is 0 Å². The fraction of sp³-hybridized carbons (Fsp3) is 0.547. The van der Waals surface area contributed by atoms with Crippen molar-refractivity contribution in [2.45, 2.75) is 188 Å². The summed E-state index contributed by atoms with van der Waals surface area (Å²) in [5.41, 5.74) is 5.64. The Hall–Kier alpha value is -3.73. The minimum Gasteiger partial charge on any atom is -0.508 e. The Bertz CT molecular complexity index is 1780. The van der Waals surface area contributed by atoms with Crippen molar-refractivity contribution in [2.75, 3.05) is 0 Å². The van der Waals surface area contributed by atoms with E-state index in [4.69, 9.17) is 9.05 Å². The molecule has 0 aliphatic carbocycles. The van der Waals surface area contributed by atoms with Gasteiger partial charge in [0.25, 0.3) is 0 Å². The van der Waals surface area contributed by atoms with Gasteiger partial charge in [0.2, 0.25) is 0 Å². The number of benzene rings is 4. The first-order chi connectivity index (χ1) is 28.3. The normalized spacial score (nSPS) is 12.2. The van der Waals surface area contributed by atoms with Gasteiger partial charge in [0.1, 0.15) is 23.0 Å². The number of phosphoric acid groups is 1. The summed E-state index contributed by atoms with van der Waals surface area (Å²) in [5, 5.41) is 20.5. The third-order valence-corrected chi connectivity index (χ3v) is 12.4. The lowest BCUT2D eigenvalue weighted by molar-refractivity contribution is 0.288. The van der Waals surface area contributed by atoms with Crippen LogP contribution >= 0.6 is 7.82 Å². The van der Waals surface area contributed by atoms with Gasteiger partial charge in [0.15, 0.2) is 0 Å². The molecule has 0 saturated carbocycles. The zero-order valence-corrected chi connectivity index (χ0v) is 39.8. The first-order valence-electron chi connectivity index (χ1n) is 22.9. The van der Waals surface area contributed by atoms with E-state index in [1.807, 2.05) is 48.5 Å². The molecular formula is C53H79O6P. The minimum atomic E-state index is -4.31. The minimum absolute atomic E-state index is 0.123. The van der Waals surface area contributed by atoms with E-state index >= 15 is 0 Å². The van der Waals surface area contributed by atoms with Gasteiger partial charge in [-0.05, 0) is 94.2 Å². The molecule has 0 bridgehead atoms. The number of phosphoric ester groups is 1. The monoisotopic (exact) mass is 843 g/mol. The van der Waals surface area contributed by atoms with Gasteiger partial charge in [-0.3, -0.25) is 4.89 Å². The number of hydrogen-bond donors (Lipinski definition) is 3. The van der Waals surface area contributed by atoms with E-state index < -0.39 is 7.82 Å². The molecule has 7 heteroatoms. The standard InChI is InChI=1S/C30H47O4P.C23H32O2/c1-3-5-7-9-11-13-15-21-27-23-17-19-25-29(27)33-35(31,32)34-30-26-20-18-24-28(30)22-16-14-12-10-8-6-4-2;1-21(2,3)17-13-15(9-11-19(17)24)23(7,8)16-10-12-20(25)18(14-16)22(4,5)6/h17-20,23-26H,3-16,21-22H2,1-2H3,(H,31,32);9-14,24-25H,1-8H3. The van der Waals surface area contributed by atoms with E-state index in [9.17, 15) is 19.7 Å². The summed E-state index contributed by atoms with van der Waals surface area (Å²) >= 11 is 0. The molecule has 3 N–H and O–H groups in total. The van der Waals surface area contributed by atoms with E-state index in [0.29, 0.717) is 23.0 Å². The summed E-state index contributed by atoms with van der Waals surface area (Å²) in [5.74, 6) is 1.56. The number of phenols is 2. The summed E-state index contributed by atoms with van der Waals surface area (Å²) in [6, 6.07) is 26.8. The van der Waals surface area contributed by atoms with Crippen LogP contribution in [0.1, 0.15) is 193 Å². The van der Waals surface area contributed by atoms with Gasteiger partial charge in [0, 0.05) is 5.41 Å². The van der Waals surface area contributed by atoms with Crippen molar-refractivity contribution in [3.8, 4) is 23.0 Å². The molecule has 0 heterocycles. The highest BCUT2D eigenvalue weighted by atomic mass is 31.2. The van der Waals surface area contributed by atoms with Gasteiger partial charge in [0.05, 0.1) is 0 Å². The smallest absolute Gasteiger partial charge is 0.508 e. The Morgan fingerprint density at radius 1 is 0.483 bits per heavy atom. The molecule has 332 valence electrons. The quantitative estimate of drug-likeness (QED) is 0.0539. The van der Waals surface area contributed by atoms with Crippen molar-refractivity contribution in [3.63, 3.8) is 0 Å². The van der Waals surface area contributed by atoms with E-state index in [-0.39, 0.29) is 16.2 Å². The average molecular weight is 843 g/mol. The van der Waals surface area contributed by atoms with Crippen LogP contribution in [0.4, 0.5) is 0 Å². The van der Waals surface area contributed by atoms with Crippen molar-refractivity contribution >= 4 is 7.82 Å². The maximum Gasteiger partial charge on any atom is 0.584 e. The molecule has 0 aliphatic rings. The second-order valence-electron chi connectivity index (χ2n) is 19.2. The zero-order chi connectivity index (χ0) is 44.4. The van der Waals surface area contributed by atoms with Gasteiger partial charge in [-0.25, -0.2) is 4.57 Å². The molecule has 60 heavy (non-hydrogen) atoms. The van der Waals surface area contributed by atoms with E-state index in [1.165, 1.54) is 64.2 Å². The highest BCUT2D eigenvalue weighted by molar-refractivity contribution is 7.48. The molecule has 0 spiro atoms. The number of aryl methyl sites for hydroxylation is 2. The van der Waals surface area contributed by atoms with E-state index in [1.54, 1.807) is 24.3 Å². The van der Waals surface area contributed by atoms with Crippen molar-refractivity contribution < 1.29 is 28.7 Å². The lowest BCUT2D eigenvalue weighted by Gasteiger charge is -2.31. The number of phenolic OH excluding ortho intramolecular Hbond substituents is 2. The number of unbranched alkanes of at least 4 members (excludes halogenated alkanes) is 12. The summed E-state index contributed by atoms with van der Waals surface area (Å²) in [7, 11) is -4.31. The first kappa shape index (κ1) is 50.6. The molecule has 0 fully saturated rings. The van der Waals surface area contributed by atoms with Gasteiger partial charge in [-0.2, -0.15) is 0 Å². The van der Waals surface area contributed by atoms with Gasteiger partial charge >= 0.3 is 7.82 Å². The Balaban J connectivity index is 0.000000338. The Morgan fingerprint density at radius 2 is 0.817 bits per heavy atom. The summed E-state index contributed by atoms with van der Waals surface area (Å²) in [6.07, 6.45) is 18.9. The molecule has 0 saturated heterocycles. The number of para-hydroxylation sites is 2. The third-order valence-electron chi connectivity index (χ3n) is 11.5. The van der Waals surface area contributed by atoms with Crippen molar-refractivity contribution in [1.29, 1.82) is 0 Å². The largest absolute Gasteiger partial charge is 0.584 e.